The molecule has 1 heterocycles. The smallest absolute Gasteiger partial charge is 0.105 e. The molecule has 16 heavy (non-hydrogen) atoms. The topological polar surface area (TPSA) is 29.9 Å². The van der Waals surface area contributed by atoms with E-state index in [1.165, 1.54) is 25.7 Å². The number of rotatable bonds is 7. The van der Waals surface area contributed by atoms with Crippen LogP contribution in [0.15, 0.2) is 12.4 Å². The van der Waals surface area contributed by atoms with E-state index in [0.29, 0.717) is 0 Å². The van der Waals surface area contributed by atoms with Crippen LogP contribution in [0.2, 0.25) is 0 Å². The van der Waals surface area contributed by atoms with Gasteiger partial charge in [0.15, 0.2) is 0 Å². The first kappa shape index (κ1) is 11.6. The van der Waals surface area contributed by atoms with Gasteiger partial charge in [-0.25, -0.2) is 4.98 Å². The highest BCUT2D eigenvalue weighted by atomic mass is 15.1. The maximum absolute atomic E-state index is 4.23. The van der Waals surface area contributed by atoms with Gasteiger partial charge in [0.1, 0.15) is 5.82 Å². The zero-order chi connectivity index (χ0) is 11.4. The van der Waals surface area contributed by atoms with Crippen LogP contribution in [0.4, 0.5) is 0 Å². The summed E-state index contributed by atoms with van der Waals surface area (Å²) in [4.78, 5) is 4.23. The van der Waals surface area contributed by atoms with Crippen LogP contribution in [0.1, 0.15) is 38.4 Å². The molecule has 0 aliphatic heterocycles. The van der Waals surface area contributed by atoms with Crippen molar-refractivity contribution in [3.05, 3.63) is 18.2 Å². The van der Waals surface area contributed by atoms with Crippen molar-refractivity contribution in [2.24, 2.45) is 5.92 Å². The molecular weight excluding hydrogens is 198 g/mol. The standard InChI is InChI=1S/C13H23N3/c1-3-13(10-12-4-5-12)15-7-9-16-8-6-14-11(16)2/h6,8,12-13,15H,3-5,7,9-10H2,1-2H3. The highest BCUT2D eigenvalue weighted by molar-refractivity contribution is 4.88. The van der Waals surface area contributed by atoms with Crippen LogP contribution >= 0.6 is 0 Å². The summed E-state index contributed by atoms with van der Waals surface area (Å²) in [6.07, 6.45) is 9.46. The van der Waals surface area contributed by atoms with Crippen LogP contribution in [0, 0.1) is 12.8 Å². The van der Waals surface area contributed by atoms with Crippen molar-refractivity contribution in [3.63, 3.8) is 0 Å². The SMILES string of the molecule is CCC(CC1CC1)NCCn1ccnc1C. The first-order valence-corrected chi connectivity index (χ1v) is 6.50. The predicted molar refractivity (Wildman–Crippen MR) is 66.4 cm³/mol. The molecule has 2 rings (SSSR count). The fraction of sp³-hybridized carbons (Fsp3) is 0.769. The number of nitrogens with zero attached hydrogens (tertiary/aromatic N) is 2. The van der Waals surface area contributed by atoms with Gasteiger partial charge in [-0.3, -0.25) is 0 Å². The average Bonchev–Trinajstić information content (AvgIpc) is 3.01. The molecule has 0 radical (unpaired) electrons. The van der Waals surface area contributed by atoms with Crippen LogP contribution in [0.5, 0.6) is 0 Å². The third-order valence-corrected chi connectivity index (χ3v) is 3.52. The lowest BCUT2D eigenvalue weighted by Crippen LogP contribution is -2.31. The van der Waals surface area contributed by atoms with Crippen LogP contribution < -0.4 is 5.32 Å². The molecule has 0 saturated heterocycles. The highest BCUT2D eigenvalue weighted by Crippen LogP contribution is 2.33. The van der Waals surface area contributed by atoms with Crippen molar-refractivity contribution in [1.82, 2.24) is 14.9 Å². The van der Waals surface area contributed by atoms with Crippen molar-refractivity contribution in [1.29, 1.82) is 0 Å². The number of aromatic nitrogens is 2. The second-order valence-electron chi connectivity index (χ2n) is 4.91. The van der Waals surface area contributed by atoms with Gasteiger partial charge in [-0.1, -0.05) is 19.8 Å². The minimum atomic E-state index is 0.719. The third-order valence-electron chi connectivity index (χ3n) is 3.52. The molecule has 1 aliphatic carbocycles. The Morgan fingerprint density at radius 2 is 2.38 bits per heavy atom. The molecule has 1 N–H and O–H groups in total. The maximum atomic E-state index is 4.23. The summed E-state index contributed by atoms with van der Waals surface area (Å²) in [6, 6.07) is 0.719. The fourth-order valence-corrected chi connectivity index (χ4v) is 2.18. The predicted octanol–water partition coefficient (Wildman–Crippen LogP) is 2.36. The molecule has 1 atom stereocenters. The Balaban J connectivity index is 1.67. The van der Waals surface area contributed by atoms with Crippen LogP contribution in [-0.4, -0.2) is 22.1 Å². The number of imidazole rings is 1. The lowest BCUT2D eigenvalue weighted by Gasteiger charge is -2.17. The van der Waals surface area contributed by atoms with Gasteiger partial charge in [0.2, 0.25) is 0 Å². The lowest BCUT2D eigenvalue weighted by molar-refractivity contribution is 0.432. The first-order chi connectivity index (χ1) is 7.79. The van der Waals surface area contributed by atoms with E-state index in [1.807, 2.05) is 6.20 Å². The van der Waals surface area contributed by atoms with Gasteiger partial charge in [0.05, 0.1) is 0 Å². The van der Waals surface area contributed by atoms with Gasteiger partial charge in [0, 0.05) is 31.5 Å². The zero-order valence-electron chi connectivity index (χ0n) is 10.4. The number of hydrogen-bond donors (Lipinski definition) is 1. The Labute approximate surface area is 98.3 Å². The molecule has 0 spiro atoms. The van der Waals surface area contributed by atoms with Gasteiger partial charge in [-0.05, 0) is 25.7 Å². The summed E-state index contributed by atoms with van der Waals surface area (Å²) in [5.41, 5.74) is 0. The highest BCUT2D eigenvalue weighted by Gasteiger charge is 2.24. The van der Waals surface area contributed by atoms with Gasteiger partial charge in [0.25, 0.3) is 0 Å². The molecule has 90 valence electrons. The minimum Gasteiger partial charge on any atom is -0.334 e. The summed E-state index contributed by atoms with van der Waals surface area (Å²) < 4.78 is 2.21. The molecule has 0 aromatic carbocycles. The third kappa shape index (κ3) is 3.34. The Morgan fingerprint density at radius 1 is 1.56 bits per heavy atom. The summed E-state index contributed by atoms with van der Waals surface area (Å²) in [5, 5.41) is 3.66. The Bertz CT molecular complexity index is 315. The molecule has 1 fully saturated rings. The minimum absolute atomic E-state index is 0.719. The van der Waals surface area contributed by atoms with E-state index in [9.17, 15) is 0 Å². The fourth-order valence-electron chi connectivity index (χ4n) is 2.18. The summed E-state index contributed by atoms with van der Waals surface area (Å²) in [7, 11) is 0. The molecule has 0 amide bonds. The van der Waals surface area contributed by atoms with E-state index >= 15 is 0 Å². The Hall–Kier alpha value is -0.830. The second kappa shape index (κ2) is 5.48. The van der Waals surface area contributed by atoms with Crippen molar-refractivity contribution in [3.8, 4) is 0 Å². The van der Waals surface area contributed by atoms with Crippen LogP contribution in [0.25, 0.3) is 0 Å². The zero-order valence-corrected chi connectivity index (χ0v) is 10.4. The summed E-state index contributed by atoms with van der Waals surface area (Å²) in [5.74, 6) is 2.13. The maximum Gasteiger partial charge on any atom is 0.105 e. The van der Waals surface area contributed by atoms with Crippen molar-refractivity contribution in [2.75, 3.05) is 6.54 Å². The van der Waals surface area contributed by atoms with Crippen molar-refractivity contribution < 1.29 is 0 Å². The van der Waals surface area contributed by atoms with E-state index in [4.69, 9.17) is 0 Å². The molecule has 1 aromatic rings. The molecule has 1 saturated carbocycles. The van der Waals surface area contributed by atoms with Gasteiger partial charge in [-0.15, -0.1) is 0 Å². The Kier molecular flexibility index (Phi) is 3.99. The molecule has 0 bridgehead atoms. The molecular formula is C13H23N3. The van der Waals surface area contributed by atoms with Gasteiger partial charge in [-0.2, -0.15) is 0 Å². The average molecular weight is 221 g/mol. The Morgan fingerprint density at radius 3 is 2.94 bits per heavy atom. The normalized spacial score (nSPS) is 17.6. The number of nitrogens with one attached hydrogen (secondary N) is 1. The van der Waals surface area contributed by atoms with E-state index in [0.717, 1.165) is 30.9 Å². The van der Waals surface area contributed by atoms with Crippen molar-refractivity contribution >= 4 is 0 Å². The van der Waals surface area contributed by atoms with E-state index in [2.05, 4.69) is 34.9 Å². The van der Waals surface area contributed by atoms with Gasteiger partial charge < -0.3 is 9.88 Å². The quantitative estimate of drug-likeness (QED) is 0.766. The lowest BCUT2D eigenvalue weighted by atomic mass is 10.1. The van der Waals surface area contributed by atoms with Crippen LogP contribution in [-0.2, 0) is 6.54 Å². The monoisotopic (exact) mass is 221 g/mol. The summed E-state index contributed by atoms with van der Waals surface area (Å²) >= 11 is 0. The van der Waals surface area contributed by atoms with Gasteiger partial charge >= 0.3 is 0 Å². The van der Waals surface area contributed by atoms with E-state index < -0.39 is 0 Å². The molecule has 1 unspecified atom stereocenters. The van der Waals surface area contributed by atoms with Crippen LogP contribution in [0.3, 0.4) is 0 Å². The molecule has 3 heteroatoms. The van der Waals surface area contributed by atoms with E-state index in [-0.39, 0.29) is 0 Å². The molecule has 3 nitrogen and oxygen atoms in total. The van der Waals surface area contributed by atoms with E-state index in [1.54, 1.807) is 0 Å². The molecule has 1 aromatic heterocycles. The molecule has 1 aliphatic rings. The number of aryl methyl sites for hydroxylation is 1. The first-order valence-electron chi connectivity index (χ1n) is 6.50. The number of hydrogen-bond acceptors (Lipinski definition) is 2. The second-order valence-corrected chi connectivity index (χ2v) is 4.91. The largest absolute Gasteiger partial charge is 0.334 e. The summed E-state index contributed by atoms with van der Waals surface area (Å²) in [6.45, 7) is 6.43. The van der Waals surface area contributed by atoms with Crippen molar-refractivity contribution in [2.45, 2.75) is 52.1 Å².